The summed E-state index contributed by atoms with van der Waals surface area (Å²) in [4.78, 5) is 17.0. The number of benzene rings is 2. The van der Waals surface area contributed by atoms with E-state index in [-0.39, 0.29) is 5.91 Å². The van der Waals surface area contributed by atoms with Crippen molar-refractivity contribution >= 4 is 11.6 Å². The highest BCUT2D eigenvalue weighted by molar-refractivity contribution is 5.99. The summed E-state index contributed by atoms with van der Waals surface area (Å²) in [6, 6.07) is 24.0. The zero-order valence-electron chi connectivity index (χ0n) is 16.0. The van der Waals surface area contributed by atoms with Gasteiger partial charge in [0, 0.05) is 11.8 Å². The lowest BCUT2D eigenvalue weighted by atomic mass is 10.0. The molecule has 0 radical (unpaired) electrons. The molecule has 2 aromatic carbocycles. The molecule has 0 atom stereocenters. The number of nitrogens with one attached hydrogen (secondary N) is 1. The van der Waals surface area contributed by atoms with Crippen molar-refractivity contribution < 1.29 is 9.21 Å². The molecule has 3 aromatic heterocycles. The van der Waals surface area contributed by atoms with Crippen LogP contribution in [0.1, 0.15) is 16.1 Å². The Morgan fingerprint density at radius 1 is 0.900 bits per heavy atom. The molecule has 1 amide bonds. The second kappa shape index (κ2) is 7.67. The number of aromatic nitrogens is 3. The van der Waals surface area contributed by atoms with Crippen LogP contribution in [0.5, 0.6) is 0 Å². The molecular weight excluding hydrogens is 376 g/mol. The van der Waals surface area contributed by atoms with Crippen molar-refractivity contribution in [2.45, 2.75) is 6.54 Å². The highest BCUT2D eigenvalue weighted by atomic mass is 16.3. The highest BCUT2D eigenvalue weighted by Gasteiger charge is 2.16. The number of hydrogen-bond acceptors (Lipinski definition) is 4. The van der Waals surface area contributed by atoms with Gasteiger partial charge in [0.2, 0.25) is 0 Å². The van der Waals surface area contributed by atoms with Crippen molar-refractivity contribution in [1.82, 2.24) is 19.9 Å². The topological polar surface area (TPSA) is 72.4 Å². The van der Waals surface area contributed by atoms with Crippen molar-refractivity contribution in [3.8, 4) is 22.4 Å². The summed E-state index contributed by atoms with van der Waals surface area (Å²) in [5.74, 6) is 0.442. The minimum Gasteiger partial charge on any atom is -0.467 e. The maximum Gasteiger partial charge on any atom is 0.257 e. The van der Waals surface area contributed by atoms with Gasteiger partial charge in [-0.2, -0.15) is 5.10 Å². The number of furan rings is 1. The van der Waals surface area contributed by atoms with Gasteiger partial charge in [-0.3, -0.25) is 4.79 Å². The van der Waals surface area contributed by atoms with E-state index >= 15 is 0 Å². The molecule has 0 bridgehead atoms. The Hall–Kier alpha value is -4.19. The molecule has 30 heavy (non-hydrogen) atoms. The quantitative estimate of drug-likeness (QED) is 0.473. The zero-order chi connectivity index (χ0) is 20.3. The van der Waals surface area contributed by atoms with Crippen LogP contribution in [-0.4, -0.2) is 20.5 Å². The highest BCUT2D eigenvalue weighted by Crippen LogP contribution is 2.25. The van der Waals surface area contributed by atoms with Crippen LogP contribution in [0.3, 0.4) is 0 Å². The maximum absolute atomic E-state index is 12.6. The fraction of sp³-hybridized carbons (Fsp3) is 0.0417. The number of nitrogens with zero attached hydrogens (tertiary/aromatic N) is 3. The molecule has 6 heteroatoms. The van der Waals surface area contributed by atoms with Gasteiger partial charge < -0.3 is 9.73 Å². The van der Waals surface area contributed by atoms with Gasteiger partial charge in [-0.05, 0) is 29.3 Å². The normalized spacial score (nSPS) is 10.9. The molecule has 0 aliphatic rings. The number of hydrogen-bond donors (Lipinski definition) is 1. The standard InChI is InChI=1S/C24H18N4O2/c29-24(26-15-20-7-4-14-30-20)21-16-27-28-22(12-13-25-23(21)28)19-10-8-18(9-11-19)17-5-2-1-3-6-17/h1-14,16H,15H2,(H,26,29). The summed E-state index contributed by atoms with van der Waals surface area (Å²) < 4.78 is 6.95. The molecule has 5 rings (SSSR count). The molecule has 0 aliphatic heterocycles. The lowest BCUT2D eigenvalue weighted by molar-refractivity contribution is 0.0949. The Bertz CT molecular complexity index is 1290. The Morgan fingerprint density at radius 3 is 2.43 bits per heavy atom. The third-order valence-corrected chi connectivity index (χ3v) is 4.94. The van der Waals surface area contributed by atoms with Gasteiger partial charge in [0.1, 0.15) is 11.3 Å². The van der Waals surface area contributed by atoms with E-state index in [1.165, 1.54) is 5.56 Å². The fourth-order valence-electron chi connectivity index (χ4n) is 3.41. The number of amides is 1. The van der Waals surface area contributed by atoms with Crippen LogP contribution in [0.2, 0.25) is 0 Å². The van der Waals surface area contributed by atoms with Crippen molar-refractivity contribution in [2.24, 2.45) is 0 Å². The lowest BCUT2D eigenvalue weighted by Crippen LogP contribution is -2.22. The molecule has 1 N–H and O–H groups in total. The van der Waals surface area contributed by atoms with Crippen LogP contribution in [-0.2, 0) is 6.54 Å². The monoisotopic (exact) mass is 394 g/mol. The SMILES string of the molecule is O=C(NCc1ccco1)c1cnn2c(-c3ccc(-c4ccccc4)cc3)ccnc12. The first kappa shape index (κ1) is 17.9. The molecule has 0 fully saturated rings. The first-order valence-electron chi connectivity index (χ1n) is 9.59. The summed E-state index contributed by atoms with van der Waals surface area (Å²) >= 11 is 0. The molecular formula is C24H18N4O2. The molecule has 0 spiro atoms. The Balaban J connectivity index is 1.44. The van der Waals surface area contributed by atoms with Gasteiger partial charge in [-0.15, -0.1) is 0 Å². The fourth-order valence-corrected chi connectivity index (χ4v) is 3.41. The van der Waals surface area contributed by atoms with Crippen LogP contribution < -0.4 is 5.32 Å². The predicted octanol–water partition coefficient (Wildman–Crippen LogP) is 4.59. The van der Waals surface area contributed by atoms with Crippen LogP contribution in [0, 0.1) is 0 Å². The van der Waals surface area contributed by atoms with Crippen molar-refractivity contribution in [2.75, 3.05) is 0 Å². The van der Waals surface area contributed by atoms with E-state index < -0.39 is 0 Å². The van der Waals surface area contributed by atoms with E-state index in [2.05, 4.69) is 51.8 Å². The summed E-state index contributed by atoms with van der Waals surface area (Å²) in [5, 5.41) is 7.25. The summed E-state index contributed by atoms with van der Waals surface area (Å²) in [6.45, 7) is 0.309. The zero-order valence-corrected chi connectivity index (χ0v) is 16.0. The average Bonchev–Trinajstić information content (AvgIpc) is 3.48. The van der Waals surface area contributed by atoms with Crippen molar-refractivity contribution in [3.05, 3.63) is 103 Å². The van der Waals surface area contributed by atoms with Gasteiger partial charge in [-0.25, -0.2) is 9.50 Å². The maximum atomic E-state index is 12.6. The summed E-state index contributed by atoms with van der Waals surface area (Å²) in [7, 11) is 0. The van der Waals surface area contributed by atoms with Crippen molar-refractivity contribution in [1.29, 1.82) is 0 Å². The Morgan fingerprint density at radius 2 is 1.67 bits per heavy atom. The van der Waals surface area contributed by atoms with Crippen LogP contribution >= 0.6 is 0 Å². The Labute approximate surface area is 172 Å². The molecule has 0 saturated carbocycles. The van der Waals surface area contributed by atoms with E-state index in [0.29, 0.717) is 23.5 Å². The second-order valence-corrected chi connectivity index (χ2v) is 6.83. The van der Waals surface area contributed by atoms with Crippen LogP contribution in [0.4, 0.5) is 0 Å². The molecule has 146 valence electrons. The molecule has 6 nitrogen and oxygen atoms in total. The van der Waals surface area contributed by atoms with E-state index in [1.54, 1.807) is 29.2 Å². The van der Waals surface area contributed by atoms with Crippen LogP contribution in [0.15, 0.2) is 95.9 Å². The summed E-state index contributed by atoms with van der Waals surface area (Å²) in [5.41, 5.74) is 5.10. The number of fused-ring (bicyclic) bond motifs is 1. The largest absolute Gasteiger partial charge is 0.467 e. The molecule has 0 saturated heterocycles. The number of carbonyl (C=O) groups is 1. The van der Waals surface area contributed by atoms with E-state index in [9.17, 15) is 4.79 Å². The summed E-state index contributed by atoms with van der Waals surface area (Å²) in [6.07, 6.45) is 4.82. The third-order valence-electron chi connectivity index (χ3n) is 4.94. The smallest absolute Gasteiger partial charge is 0.257 e. The molecule has 3 heterocycles. The van der Waals surface area contributed by atoms with Gasteiger partial charge >= 0.3 is 0 Å². The van der Waals surface area contributed by atoms with Gasteiger partial charge in [0.15, 0.2) is 5.65 Å². The van der Waals surface area contributed by atoms with Crippen LogP contribution in [0.25, 0.3) is 28.0 Å². The van der Waals surface area contributed by atoms with Crippen molar-refractivity contribution in [3.63, 3.8) is 0 Å². The van der Waals surface area contributed by atoms with Gasteiger partial charge in [0.25, 0.3) is 5.91 Å². The lowest BCUT2D eigenvalue weighted by Gasteiger charge is -2.07. The third kappa shape index (κ3) is 3.35. The van der Waals surface area contributed by atoms with Gasteiger partial charge in [0.05, 0.1) is 24.7 Å². The molecule has 5 aromatic rings. The predicted molar refractivity (Wildman–Crippen MR) is 114 cm³/mol. The number of carbonyl (C=O) groups excluding carboxylic acids is 1. The first-order chi connectivity index (χ1) is 14.8. The second-order valence-electron chi connectivity index (χ2n) is 6.83. The van der Waals surface area contributed by atoms with E-state index in [4.69, 9.17) is 4.42 Å². The first-order valence-corrected chi connectivity index (χ1v) is 9.59. The van der Waals surface area contributed by atoms with Gasteiger partial charge in [-0.1, -0.05) is 54.6 Å². The molecule has 0 unspecified atom stereocenters. The van der Waals surface area contributed by atoms with E-state index in [0.717, 1.165) is 16.8 Å². The van der Waals surface area contributed by atoms with E-state index in [1.807, 2.05) is 30.3 Å². The number of rotatable bonds is 5. The minimum absolute atomic E-state index is 0.245. The molecule has 0 aliphatic carbocycles. The average molecular weight is 394 g/mol. The minimum atomic E-state index is -0.245. The Kier molecular flexibility index (Phi) is 4.57.